The molecule has 0 radical (unpaired) electrons. The van der Waals surface area contributed by atoms with Crippen LogP contribution in [-0.2, 0) is 13.5 Å². The maximum absolute atomic E-state index is 12.5. The number of hydrogen-bond acceptors (Lipinski definition) is 2. The first-order chi connectivity index (χ1) is 8.85. The Balaban J connectivity index is 3.06. The average molecular weight is 324 g/mol. The maximum Gasteiger partial charge on any atom is 0.402 e. The maximum atomic E-state index is 12.5. The molecule has 0 aliphatic rings. The predicted molar refractivity (Wildman–Crippen MR) is 60.2 cm³/mol. The molecule has 1 heterocycles. The zero-order chi connectivity index (χ0) is 15.9. The van der Waals surface area contributed by atoms with E-state index in [-0.39, 0.29) is 10.7 Å². The molecule has 0 aliphatic carbocycles. The van der Waals surface area contributed by atoms with E-state index < -0.39 is 30.7 Å². The van der Waals surface area contributed by atoms with Gasteiger partial charge in [-0.25, -0.2) is 0 Å². The predicted octanol–water partition coefficient (Wildman–Crippen LogP) is 2.99. The lowest BCUT2D eigenvalue weighted by molar-refractivity contribution is -0.289. The highest BCUT2D eigenvalue weighted by molar-refractivity contribution is 6.31. The van der Waals surface area contributed by atoms with Crippen LogP contribution < -0.4 is 5.73 Å². The molecule has 0 aromatic carbocycles. The van der Waals surface area contributed by atoms with Gasteiger partial charge < -0.3 is 5.73 Å². The van der Waals surface area contributed by atoms with Crippen LogP contribution >= 0.6 is 11.6 Å². The summed E-state index contributed by atoms with van der Waals surface area (Å²) in [5.74, 6) is -3.61. The average Bonchev–Trinajstić information content (AvgIpc) is 2.40. The smallest absolute Gasteiger partial charge is 0.326 e. The normalized spacial score (nSPS) is 14.9. The van der Waals surface area contributed by atoms with Crippen molar-refractivity contribution in [1.82, 2.24) is 9.78 Å². The largest absolute Gasteiger partial charge is 0.402 e. The summed E-state index contributed by atoms with van der Waals surface area (Å²) in [6, 6.07) is -2.19. The highest BCUT2D eigenvalue weighted by Gasteiger charge is 2.59. The fraction of sp³-hybridized carbons (Fsp3) is 0.700. The van der Waals surface area contributed by atoms with Crippen molar-refractivity contribution < 1.29 is 26.3 Å². The van der Waals surface area contributed by atoms with E-state index in [1.165, 1.54) is 14.0 Å². The van der Waals surface area contributed by atoms with Crippen LogP contribution in [-0.4, -0.2) is 28.2 Å². The minimum absolute atomic E-state index is 0.0195. The summed E-state index contributed by atoms with van der Waals surface area (Å²) in [7, 11) is 1.37. The number of aryl methyl sites for hydroxylation is 2. The third-order valence-corrected chi connectivity index (χ3v) is 3.32. The van der Waals surface area contributed by atoms with E-state index in [4.69, 9.17) is 17.3 Å². The first kappa shape index (κ1) is 17.1. The van der Waals surface area contributed by atoms with Crippen LogP contribution in [0.2, 0.25) is 5.02 Å². The van der Waals surface area contributed by atoms with E-state index in [1.54, 1.807) is 0 Å². The number of aromatic nitrogens is 2. The van der Waals surface area contributed by atoms with Gasteiger partial charge in [0.1, 0.15) is 0 Å². The van der Waals surface area contributed by atoms with E-state index in [0.29, 0.717) is 5.69 Å². The lowest BCUT2D eigenvalue weighted by atomic mass is 9.95. The highest BCUT2D eigenvalue weighted by atomic mass is 35.5. The van der Waals surface area contributed by atoms with Crippen molar-refractivity contribution in [3.63, 3.8) is 0 Å². The Labute approximate surface area is 115 Å². The Bertz CT molecular complexity index is 465. The molecule has 0 bridgehead atoms. The van der Waals surface area contributed by atoms with Crippen molar-refractivity contribution >= 4 is 11.6 Å². The number of rotatable bonds is 3. The fourth-order valence-corrected chi connectivity index (χ4v) is 2.15. The zero-order valence-corrected chi connectivity index (χ0v) is 11.2. The van der Waals surface area contributed by atoms with Crippen molar-refractivity contribution in [3.8, 4) is 0 Å². The molecule has 20 heavy (non-hydrogen) atoms. The van der Waals surface area contributed by atoms with Gasteiger partial charge in [0, 0.05) is 19.5 Å². The molecular formula is C10H12ClF6N3. The second kappa shape index (κ2) is 5.44. The monoisotopic (exact) mass is 323 g/mol. The van der Waals surface area contributed by atoms with Gasteiger partial charge in [0.05, 0.1) is 16.4 Å². The van der Waals surface area contributed by atoms with Crippen molar-refractivity contribution in [2.24, 2.45) is 18.7 Å². The lowest BCUT2D eigenvalue weighted by Crippen LogP contribution is -2.50. The molecule has 0 saturated heterocycles. The Kier molecular flexibility index (Phi) is 4.65. The van der Waals surface area contributed by atoms with Crippen molar-refractivity contribution in [3.05, 3.63) is 16.4 Å². The van der Waals surface area contributed by atoms with Gasteiger partial charge in [0.2, 0.25) is 0 Å². The van der Waals surface area contributed by atoms with Crippen molar-refractivity contribution in [1.29, 1.82) is 0 Å². The first-order valence-electron chi connectivity index (χ1n) is 5.42. The van der Waals surface area contributed by atoms with Gasteiger partial charge in [-0.1, -0.05) is 11.6 Å². The summed E-state index contributed by atoms with van der Waals surface area (Å²) >= 11 is 5.79. The molecule has 0 fully saturated rings. The summed E-state index contributed by atoms with van der Waals surface area (Å²) in [6.07, 6.45) is -11.6. The quantitative estimate of drug-likeness (QED) is 0.869. The minimum atomic E-state index is -5.47. The minimum Gasteiger partial charge on any atom is -0.326 e. The van der Waals surface area contributed by atoms with Crippen LogP contribution in [0.15, 0.2) is 0 Å². The SMILES string of the molecule is Cc1nn(C)c(CC(N)C(C(F)(F)F)C(F)(F)F)c1Cl. The summed E-state index contributed by atoms with van der Waals surface area (Å²) in [5.41, 5.74) is 5.48. The third-order valence-electron chi connectivity index (χ3n) is 2.82. The highest BCUT2D eigenvalue weighted by Crippen LogP contribution is 2.41. The van der Waals surface area contributed by atoms with E-state index >= 15 is 0 Å². The van der Waals surface area contributed by atoms with Crippen LogP contribution in [0.3, 0.4) is 0 Å². The molecule has 1 atom stereocenters. The lowest BCUT2D eigenvalue weighted by Gasteiger charge is -2.28. The van der Waals surface area contributed by atoms with Gasteiger partial charge in [0.15, 0.2) is 5.92 Å². The Hall–Kier alpha value is -0.960. The van der Waals surface area contributed by atoms with Crippen LogP contribution in [0.1, 0.15) is 11.4 Å². The zero-order valence-electron chi connectivity index (χ0n) is 10.5. The molecule has 0 amide bonds. The van der Waals surface area contributed by atoms with Gasteiger partial charge in [0.25, 0.3) is 0 Å². The van der Waals surface area contributed by atoms with Crippen LogP contribution in [0.5, 0.6) is 0 Å². The number of nitrogens with two attached hydrogens (primary N) is 1. The van der Waals surface area contributed by atoms with Crippen LogP contribution in [0.25, 0.3) is 0 Å². The summed E-state index contributed by atoms with van der Waals surface area (Å²) < 4.78 is 76.2. The molecule has 1 unspecified atom stereocenters. The summed E-state index contributed by atoms with van der Waals surface area (Å²) in [5, 5.41) is 3.83. The Morgan fingerprint density at radius 2 is 1.65 bits per heavy atom. The number of nitrogens with zero attached hydrogens (tertiary/aromatic N) is 2. The third kappa shape index (κ3) is 3.57. The second-order valence-corrected chi connectivity index (χ2v) is 4.78. The van der Waals surface area contributed by atoms with Gasteiger partial charge in [-0.3, -0.25) is 4.68 Å². The van der Waals surface area contributed by atoms with Crippen molar-refractivity contribution in [2.75, 3.05) is 0 Å². The standard InChI is InChI=1S/C10H12ClF6N3/c1-4-7(11)6(20(2)19-4)3-5(18)8(9(12,13)14)10(15,16)17/h5,8H,3,18H2,1-2H3. The summed E-state index contributed by atoms with van der Waals surface area (Å²) in [6.45, 7) is 1.49. The molecule has 0 spiro atoms. The topological polar surface area (TPSA) is 43.8 Å². The molecule has 3 nitrogen and oxygen atoms in total. The van der Waals surface area contributed by atoms with Crippen LogP contribution in [0, 0.1) is 12.8 Å². The number of alkyl halides is 6. The van der Waals surface area contributed by atoms with Gasteiger partial charge in [-0.2, -0.15) is 31.4 Å². The van der Waals surface area contributed by atoms with Gasteiger partial charge in [-0.15, -0.1) is 0 Å². The Morgan fingerprint density at radius 3 is 1.95 bits per heavy atom. The molecular weight excluding hydrogens is 312 g/mol. The van der Waals surface area contributed by atoms with Gasteiger partial charge in [-0.05, 0) is 6.92 Å². The van der Waals surface area contributed by atoms with E-state index in [1.807, 2.05) is 0 Å². The van der Waals surface area contributed by atoms with Crippen molar-refractivity contribution in [2.45, 2.75) is 31.7 Å². The van der Waals surface area contributed by atoms with E-state index in [0.717, 1.165) is 4.68 Å². The molecule has 0 saturated carbocycles. The number of hydrogen-bond donors (Lipinski definition) is 1. The summed E-state index contributed by atoms with van der Waals surface area (Å²) in [4.78, 5) is 0. The molecule has 116 valence electrons. The fourth-order valence-electron chi connectivity index (χ4n) is 1.91. The van der Waals surface area contributed by atoms with Gasteiger partial charge >= 0.3 is 12.4 Å². The molecule has 1 aromatic rings. The first-order valence-corrected chi connectivity index (χ1v) is 5.80. The van der Waals surface area contributed by atoms with E-state index in [9.17, 15) is 26.3 Å². The number of halogens is 7. The Morgan fingerprint density at radius 1 is 1.20 bits per heavy atom. The molecule has 0 aliphatic heterocycles. The van der Waals surface area contributed by atoms with Crippen LogP contribution in [0.4, 0.5) is 26.3 Å². The molecule has 1 aromatic heterocycles. The molecule has 1 rings (SSSR count). The molecule has 10 heteroatoms. The van der Waals surface area contributed by atoms with E-state index in [2.05, 4.69) is 5.10 Å². The molecule has 2 N–H and O–H groups in total. The second-order valence-electron chi connectivity index (χ2n) is 4.40.